The maximum absolute atomic E-state index is 12.5. The third-order valence-corrected chi connectivity index (χ3v) is 3.99. The molecule has 116 valence electrons. The van der Waals surface area contributed by atoms with Gasteiger partial charge in [0.05, 0.1) is 19.3 Å². The maximum atomic E-state index is 12.5. The van der Waals surface area contributed by atoms with E-state index in [-0.39, 0.29) is 17.5 Å². The minimum atomic E-state index is -0.203. The van der Waals surface area contributed by atoms with Crippen LogP contribution in [-0.2, 0) is 16.1 Å². The van der Waals surface area contributed by atoms with Gasteiger partial charge in [-0.05, 0) is 38.5 Å². The molecule has 0 spiro atoms. The highest BCUT2D eigenvalue weighted by Crippen LogP contribution is 2.22. The molecule has 1 heterocycles. The molecule has 1 saturated heterocycles. The molecule has 1 unspecified atom stereocenters. The second-order valence-electron chi connectivity index (χ2n) is 6.13. The molecule has 1 aromatic rings. The first-order valence-corrected chi connectivity index (χ1v) is 7.38. The number of nitrogens with one attached hydrogen (secondary N) is 1. The molecule has 2 rings (SSSR count). The molecule has 1 amide bonds. The highest BCUT2D eigenvalue weighted by molar-refractivity contribution is 5.94. The molecule has 1 atom stereocenters. The van der Waals surface area contributed by atoms with Crippen molar-refractivity contribution < 1.29 is 9.53 Å². The van der Waals surface area contributed by atoms with Crippen molar-refractivity contribution in [2.75, 3.05) is 25.1 Å². The van der Waals surface area contributed by atoms with Gasteiger partial charge >= 0.3 is 0 Å². The van der Waals surface area contributed by atoms with E-state index >= 15 is 0 Å². The number of nitrogens with two attached hydrogens (primary N) is 1. The molecule has 0 saturated carbocycles. The van der Waals surface area contributed by atoms with E-state index in [9.17, 15) is 4.79 Å². The predicted octanol–water partition coefficient (Wildman–Crippen LogP) is 1.58. The number of anilines is 1. The van der Waals surface area contributed by atoms with Gasteiger partial charge in [-0.25, -0.2) is 0 Å². The molecule has 0 aromatic heterocycles. The van der Waals surface area contributed by atoms with E-state index in [1.54, 1.807) is 0 Å². The number of carbonyl (C=O) groups excluding carboxylic acids is 1. The van der Waals surface area contributed by atoms with Gasteiger partial charge in [0.25, 0.3) is 0 Å². The Morgan fingerprint density at radius 2 is 2.29 bits per heavy atom. The summed E-state index contributed by atoms with van der Waals surface area (Å²) in [5.41, 5.74) is 7.30. The largest absolute Gasteiger partial charge is 0.378 e. The zero-order valence-electron chi connectivity index (χ0n) is 13.1. The lowest BCUT2D eigenvalue weighted by Crippen LogP contribution is -2.59. The number of hydrogen-bond acceptors (Lipinski definition) is 4. The summed E-state index contributed by atoms with van der Waals surface area (Å²) in [6, 6.07) is 7.44. The van der Waals surface area contributed by atoms with Crippen molar-refractivity contribution in [2.45, 2.75) is 38.9 Å². The van der Waals surface area contributed by atoms with E-state index in [1.807, 2.05) is 31.2 Å². The zero-order chi connectivity index (χ0) is 15.5. The van der Waals surface area contributed by atoms with Crippen LogP contribution >= 0.6 is 0 Å². The first-order valence-electron chi connectivity index (χ1n) is 7.38. The van der Waals surface area contributed by atoms with E-state index < -0.39 is 0 Å². The Bertz CT molecular complexity index is 502. The summed E-state index contributed by atoms with van der Waals surface area (Å²) in [6.45, 7) is 8.70. The van der Waals surface area contributed by atoms with E-state index in [4.69, 9.17) is 10.5 Å². The molecule has 1 aliphatic rings. The third kappa shape index (κ3) is 3.81. The normalized spacial score (nSPS) is 20.0. The lowest BCUT2D eigenvalue weighted by molar-refractivity contribution is -0.129. The van der Waals surface area contributed by atoms with Gasteiger partial charge in [0.15, 0.2) is 0 Å². The maximum Gasteiger partial charge on any atom is 0.241 e. The lowest BCUT2D eigenvalue weighted by Gasteiger charge is -2.44. The number of hydrogen-bond donors (Lipinski definition) is 2. The van der Waals surface area contributed by atoms with Crippen LogP contribution in [0.25, 0.3) is 0 Å². The molecule has 0 radical (unpaired) electrons. The monoisotopic (exact) mass is 291 g/mol. The molecule has 1 fully saturated rings. The quantitative estimate of drug-likeness (QED) is 0.884. The van der Waals surface area contributed by atoms with Crippen LogP contribution in [0.5, 0.6) is 0 Å². The van der Waals surface area contributed by atoms with Crippen LogP contribution in [0.1, 0.15) is 26.3 Å². The van der Waals surface area contributed by atoms with Gasteiger partial charge in [0.1, 0.15) is 0 Å². The van der Waals surface area contributed by atoms with E-state index in [1.165, 1.54) is 0 Å². The number of rotatable bonds is 4. The van der Waals surface area contributed by atoms with E-state index in [0.29, 0.717) is 19.8 Å². The molecular weight excluding hydrogens is 266 g/mol. The average molecular weight is 291 g/mol. The van der Waals surface area contributed by atoms with Crippen LogP contribution in [0.4, 0.5) is 5.69 Å². The zero-order valence-corrected chi connectivity index (χ0v) is 13.1. The second kappa shape index (κ2) is 6.56. The molecule has 0 aliphatic carbocycles. The van der Waals surface area contributed by atoms with Gasteiger partial charge < -0.3 is 15.8 Å². The van der Waals surface area contributed by atoms with Crippen molar-refractivity contribution in [1.82, 2.24) is 4.90 Å². The Balaban J connectivity index is 2.05. The van der Waals surface area contributed by atoms with E-state index in [2.05, 4.69) is 24.1 Å². The van der Waals surface area contributed by atoms with Crippen LogP contribution in [0.2, 0.25) is 0 Å². The fourth-order valence-electron chi connectivity index (χ4n) is 2.75. The van der Waals surface area contributed by atoms with Gasteiger partial charge in [-0.15, -0.1) is 0 Å². The Morgan fingerprint density at radius 3 is 2.95 bits per heavy atom. The highest BCUT2D eigenvalue weighted by atomic mass is 16.5. The van der Waals surface area contributed by atoms with Gasteiger partial charge in [-0.1, -0.05) is 12.1 Å². The Hall–Kier alpha value is -1.43. The Morgan fingerprint density at radius 1 is 1.52 bits per heavy atom. The minimum Gasteiger partial charge on any atom is -0.378 e. The lowest BCUT2D eigenvalue weighted by atomic mass is 9.99. The molecule has 5 heteroatoms. The van der Waals surface area contributed by atoms with Crippen molar-refractivity contribution in [3.8, 4) is 0 Å². The minimum absolute atomic E-state index is 0.000790. The van der Waals surface area contributed by atoms with Gasteiger partial charge in [0.2, 0.25) is 5.91 Å². The number of morpholine rings is 1. The third-order valence-electron chi connectivity index (χ3n) is 3.99. The summed E-state index contributed by atoms with van der Waals surface area (Å²) in [5, 5.41) is 2.97. The van der Waals surface area contributed by atoms with Gasteiger partial charge in [-0.3, -0.25) is 9.69 Å². The molecule has 21 heavy (non-hydrogen) atoms. The average Bonchev–Trinajstić information content (AvgIpc) is 2.46. The summed E-state index contributed by atoms with van der Waals surface area (Å²) >= 11 is 0. The summed E-state index contributed by atoms with van der Waals surface area (Å²) < 4.78 is 5.51. The second-order valence-corrected chi connectivity index (χ2v) is 6.13. The van der Waals surface area contributed by atoms with Crippen LogP contribution in [0, 0.1) is 0 Å². The summed E-state index contributed by atoms with van der Waals surface area (Å²) in [6.07, 6.45) is 0. The summed E-state index contributed by atoms with van der Waals surface area (Å²) in [4.78, 5) is 14.7. The van der Waals surface area contributed by atoms with Crippen molar-refractivity contribution in [1.29, 1.82) is 0 Å². The van der Waals surface area contributed by atoms with Gasteiger partial charge in [0, 0.05) is 24.3 Å². The first kappa shape index (κ1) is 15.9. The first-order chi connectivity index (χ1) is 9.94. The SMILES string of the molecule is CC(C(=O)Nc1cccc(CN)c1)N1CCOCC1(C)C. The van der Waals surface area contributed by atoms with Crippen LogP contribution in [0.15, 0.2) is 24.3 Å². The number of benzene rings is 1. The van der Waals surface area contributed by atoms with Crippen molar-refractivity contribution in [3.63, 3.8) is 0 Å². The fourth-order valence-corrected chi connectivity index (χ4v) is 2.75. The summed E-state index contributed by atoms with van der Waals surface area (Å²) in [5.74, 6) is -0.000790. The van der Waals surface area contributed by atoms with Crippen LogP contribution < -0.4 is 11.1 Å². The summed E-state index contributed by atoms with van der Waals surface area (Å²) in [7, 11) is 0. The predicted molar refractivity (Wildman–Crippen MR) is 84.0 cm³/mol. The smallest absolute Gasteiger partial charge is 0.241 e. The molecule has 1 aromatic carbocycles. The number of carbonyl (C=O) groups is 1. The molecule has 5 nitrogen and oxygen atoms in total. The standard InChI is InChI=1S/C16H25N3O2/c1-12(19-7-8-21-11-16(19,2)3)15(20)18-14-6-4-5-13(9-14)10-17/h4-6,9,12H,7-8,10-11,17H2,1-3H3,(H,18,20). The van der Waals surface area contributed by atoms with Gasteiger partial charge in [-0.2, -0.15) is 0 Å². The molecule has 0 bridgehead atoms. The highest BCUT2D eigenvalue weighted by Gasteiger charge is 2.36. The Labute approximate surface area is 126 Å². The van der Waals surface area contributed by atoms with Crippen LogP contribution in [0.3, 0.4) is 0 Å². The fraction of sp³-hybridized carbons (Fsp3) is 0.562. The van der Waals surface area contributed by atoms with E-state index in [0.717, 1.165) is 17.8 Å². The van der Waals surface area contributed by atoms with Crippen molar-refractivity contribution in [3.05, 3.63) is 29.8 Å². The topological polar surface area (TPSA) is 67.6 Å². The Kier molecular flexibility index (Phi) is 4.98. The number of nitrogens with zero attached hydrogens (tertiary/aromatic N) is 1. The molecule has 3 N–H and O–H groups in total. The molecule has 1 aliphatic heterocycles. The van der Waals surface area contributed by atoms with Crippen molar-refractivity contribution in [2.24, 2.45) is 5.73 Å². The number of amides is 1. The molecular formula is C16H25N3O2. The van der Waals surface area contributed by atoms with Crippen molar-refractivity contribution >= 4 is 11.6 Å². The van der Waals surface area contributed by atoms with Crippen LogP contribution in [-0.4, -0.2) is 42.1 Å². The number of ether oxygens (including phenoxy) is 1.